The summed E-state index contributed by atoms with van der Waals surface area (Å²) in [6.07, 6.45) is 6.59. The molecule has 0 bridgehead atoms. The van der Waals surface area contributed by atoms with Crippen LogP contribution >= 0.6 is 15.9 Å². The number of halogens is 1. The van der Waals surface area contributed by atoms with Crippen molar-refractivity contribution in [2.24, 2.45) is 0 Å². The summed E-state index contributed by atoms with van der Waals surface area (Å²) in [5.41, 5.74) is 3.51. The molecule has 1 fully saturated rings. The highest BCUT2D eigenvalue weighted by atomic mass is 79.9. The summed E-state index contributed by atoms with van der Waals surface area (Å²) in [4.78, 5) is 13.1. The van der Waals surface area contributed by atoms with Crippen LogP contribution in [0, 0.1) is 0 Å². The minimum absolute atomic E-state index is 0.193. The van der Waals surface area contributed by atoms with Gasteiger partial charge in [0.15, 0.2) is 5.69 Å². The molecule has 1 aliphatic carbocycles. The van der Waals surface area contributed by atoms with Gasteiger partial charge < -0.3 is 5.32 Å². The van der Waals surface area contributed by atoms with Gasteiger partial charge in [0.1, 0.15) is 0 Å². The van der Waals surface area contributed by atoms with Gasteiger partial charge in [-0.05, 0) is 56.7 Å². The summed E-state index contributed by atoms with van der Waals surface area (Å²) in [6.45, 7) is 0.831. The van der Waals surface area contributed by atoms with E-state index in [1.54, 1.807) is 0 Å². The SMILES string of the molecule is CS(=O)(=O)N1CCCC(NC(=O)c2nn(-c3cccc(Br)c3)c3c2CCCC3)C1. The van der Waals surface area contributed by atoms with Gasteiger partial charge in [-0.15, -0.1) is 0 Å². The standard InChI is InChI=1S/C20H25BrN4O3S/c1-29(27,28)24-11-5-7-15(13-24)22-20(26)19-17-9-2-3-10-18(17)25(23-19)16-8-4-6-14(21)12-16/h4,6,8,12,15H,2-3,5,7,9-11,13H2,1H3,(H,22,26). The Balaban J connectivity index is 1.60. The third kappa shape index (κ3) is 4.41. The molecule has 1 aliphatic heterocycles. The second-order valence-corrected chi connectivity index (χ2v) is 10.7. The molecule has 9 heteroatoms. The number of fused-ring (bicyclic) bond motifs is 1. The molecule has 1 aromatic carbocycles. The lowest BCUT2D eigenvalue weighted by Crippen LogP contribution is -2.49. The second-order valence-electron chi connectivity index (χ2n) is 7.81. The molecule has 1 aromatic heterocycles. The summed E-state index contributed by atoms with van der Waals surface area (Å²) in [6, 6.07) is 7.71. The van der Waals surface area contributed by atoms with Gasteiger partial charge in [0.2, 0.25) is 10.0 Å². The van der Waals surface area contributed by atoms with Crippen LogP contribution < -0.4 is 5.32 Å². The molecule has 7 nitrogen and oxygen atoms in total. The Morgan fingerprint density at radius 3 is 2.79 bits per heavy atom. The van der Waals surface area contributed by atoms with Crippen molar-refractivity contribution in [3.8, 4) is 5.69 Å². The van der Waals surface area contributed by atoms with Crippen LogP contribution in [-0.2, 0) is 22.9 Å². The van der Waals surface area contributed by atoms with Crippen molar-refractivity contribution in [2.75, 3.05) is 19.3 Å². The molecule has 29 heavy (non-hydrogen) atoms. The van der Waals surface area contributed by atoms with E-state index in [1.807, 2.05) is 28.9 Å². The van der Waals surface area contributed by atoms with Gasteiger partial charge in [-0.1, -0.05) is 22.0 Å². The van der Waals surface area contributed by atoms with Gasteiger partial charge in [0.05, 0.1) is 11.9 Å². The predicted molar refractivity (Wildman–Crippen MR) is 115 cm³/mol. The van der Waals surface area contributed by atoms with Crippen LogP contribution in [0.4, 0.5) is 0 Å². The lowest BCUT2D eigenvalue weighted by atomic mass is 9.95. The molecule has 0 saturated carbocycles. The van der Waals surface area contributed by atoms with Gasteiger partial charge in [-0.25, -0.2) is 17.4 Å². The number of amides is 1. The van der Waals surface area contributed by atoms with Gasteiger partial charge in [0, 0.05) is 34.9 Å². The maximum atomic E-state index is 13.1. The van der Waals surface area contributed by atoms with E-state index >= 15 is 0 Å². The minimum atomic E-state index is -3.25. The Hall–Kier alpha value is -1.71. The molecule has 1 saturated heterocycles. The third-order valence-electron chi connectivity index (χ3n) is 5.64. The monoisotopic (exact) mass is 480 g/mol. The molecule has 4 rings (SSSR count). The largest absolute Gasteiger partial charge is 0.347 e. The smallest absolute Gasteiger partial charge is 0.272 e. The third-order valence-corrected chi connectivity index (χ3v) is 7.40. The van der Waals surface area contributed by atoms with Gasteiger partial charge in [-0.3, -0.25) is 4.79 Å². The number of aromatic nitrogens is 2. The van der Waals surface area contributed by atoms with Crippen molar-refractivity contribution in [3.63, 3.8) is 0 Å². The number of piperidine rings is 1. The molecule has 2 aliphatic rings. The Bertz CT molecular complexity index is 1030. The molecule has 156 valence electrons. The highest BCUT2D eigenvalue weighted by Crippen LogP contribution is 2.28. The quantitative estimate of drug-likeness (QED) is 0.728. The number of rotatable bonds is 4. The summed E-state index contributed by atoms with van der Waals surface area (Å²) >= 11 is 3.50. The lowest BCUT2D eigenvalue weighted by molar-refractivity contribution is 0.0915. The van der Waals surface area contributed by atoms with E-state index in [0.29, 0.717) is 18.8 Å². The Morgan fingerprint density at radius 1 is 1.24 bits per heavy atom. The minimum Gasteiger partial charge on any atom is -0.347 e. The van der Waals surface area contributed by atoms with Crippen LogP contribution in [0.15, 0.2) is 28.7 Å². The highest BCUT2D eigenvalue weighted by molar-refractivity contribution is 9.10. The summed E-state index contributed by atoms with van der Waals surface area (Å²) in [5, 5.41) is 7.72. The average Bonchev–Trinajstić information content (AvgIpc) is 3.07. The second kappa shape index (κ2) is 8.20. The fourth-order valence-corrected chi connectivity index (χ4v) is 5.52. The van der Waals surface area contributed by atoms with E-state index in [4.69, 9.17) is 0 Å². The first-order valence-corrected chi connectivity index (χ1v) is 12.6. The molecule has 1 amide bonds. The van der Waals surface area contributed by atoms with E-state index in [-0.39, 0.29) is 11.9 Å². The number of nitrogens with one attached hydrogen (secondary N) is 1. The maximum absolute atomic E-state index is 13.1. The fourth-order valence-electron chi connectivity index (χ4n) is 4.22. The van der Waals surface area contributed by atoms with E-state index in [9.17, 15) is 13.2 Å². The number of hydrogen-bond acceptors (Lipinski definition) is 4. The first-order chi connectivity index (χ1) is 13.8. The average molecular weight is 481 g/mol. The zero-order valence-corrected chi connectivity index (χ0v) is 18.8. The number of nitrogens with zero attached hydrogens (tertiary/aromatic N) is 3. The van der Waals surface area contributed by atoms with E-state index < -0.39 is 10.0 Å². The lowest BCUT2D eigenvalue weighted by Gasteiger charge is -2.31. The molecule has 0 radical (unpaired) electrons. The van der Waals surface area contributed by atoms with Crippen LogP contribution in [0.3, 0.4) is 0 Å². The van der Waals surface area contributed by atoms with Crippen LogP contribution in [0.5, 0.6) is 0 Å². The maximum Gasteiger partial charge on any atom is 0.272 e. The van der Waals surface area contributed by atoms with Crippen molar-refractivity contribution >= 4 is 31.9 Å². The summed E-state index contributed by atoms with van der Waals surface area (Å²) < 4.78 is 28.0. The molecule has 2 heterocycles. The summed E-state index contributed by atoms with van der Waals surface area (Å²) in [7, 11) is -3.25. The molecular formula is C20H25BrN4O3S. The fraction of sp³-hybridized carbons (Fsp3) is 0.500. The normalized spacial score (nSPS) is 20.3. The Morgan fingerprint density at radius 2 is 2.03 bits per heavy atom. The molecule has 0 spiro atoms. The molecule has 2 aromatic rings. The van der Waals surface area contributed by atoms with E-state index in [1.165, 1.54) is 10.6 Å². The number of benzene rings is 1. The highest BCUT2D eigenvalue weighted by Gasteiger charge is 2.30. The van der Waals surface area contributed by atoms with Gasteiger partial charge in [0.25, 0.3) is 5.91 Å². The summed E-state index contributed by atoms with van der Waals surface area (Å²) in [5.74, 6) is -0.211. The van der Waals surface area contributed by atoms with Crippen LogP contribution in [0.1, 0.15) is 47.4 Å². The molecule has 1 atom stereocenters. The zero-order valence-electron chi connectivity index (χ0n) is 16.4. The number of sulfonamides is 1. The van der Waals surface area contributed by atoms with Crippen molar-refractivity contribution in [1.82, 2.24) is 19.4 Å². The van der Waals surface area contributed by atoms with Crippen LogP contribution in [0.2, 0.25) is 0 Å². The molecule has 1 N–H and O–H groups in total. The topological polar surface area (TPSA) is 84.3 Å². The first-order valence-electron chi connectivity index (χ1n) is 9.95. The van der Waals surface area contributed by atoms with Crippen LogP contribution in [0.25, 0.3) is 5.69 Å². The number of carbonyl (C=O) groups is 1. The van der Waals surface area contributed by atoms with Crippen molar-refractivity contribution < 1.29 is 13.2 Å². The molecular weight excluding hydrogens is 456 g/mol. The van der Waals surface area contributed by atoms with Crippen molar-refractivity contribution in [1.29, 1.82) is 0 Å². The van der Waals surface area contributed by atoms with Crippen molar-refractivity contribution in [2.45, 2.75) is 44.6 Å². The van der Waals surface area contributed by atoms with Crippen molar-refractivity contribution in [3.05, 3.63) is 45.7 Å². The zero-order chi connectivity index (χ0) is 20.6. The van der Waals surface area contributed by atoms with Gasteiger partial charge in [-0.2, -0.15) is 5.10 Å². The Labute approximate surface area is 179 Å². The van der Waals surface area contributed by atoms with Crippen LogP contribution in [-0.4, -0.2) is 53.8 Å². The number of hydrogen-bond donors (Lipinski definition) is 1. The predicted octanol–water partition coefficient (Wildman–Crippen LogP) is 2.67. The molecule has 1 unspecified atom stereocenters. The Kier molecular flexibility index (Phi) is 5.81. The first kappa shape index (κ1) is 20.6. The number of carbonyl (C=O) groups excluding carboxylic acids is 1. The van der Waals surface area contributed by atoms with Gasteiger partial charge >= 0.3 is 0 Å². The van der Waals surface area contributed by atoms with E-state index in [2.05, 4.69) is 26.3 Å². The van der Waals surface area contributed by atoms with E-state index in [0.717, 1.165) is 59.9 Å².